The van der Waals surface area contributed by atoms with Gasteiger partial charge in [-0.15, -0.1) is 0 Å². The molecule has 3 heterocycles. The van der Waals surface area contributed by atoms with E-state index in [1.165, 1.54) is 5.69 Å². The Morgan fingerprint density at radius 1 is 1.04 bits per heavy atom. The van der Waals surface area contributed by atoms with Crippen molar-refractivity contribution in [3.8, 4) is 0 Å². The highest BCUT2D eigenvalue weighted by Gasteiger charge is 2.17. The molecule has 0 spiro atoms. The van der Waals surface area contributed by atoms with Crippen LogP contribution in [-0.4, -0.2) is 53.4 Å². The topological polar surface area (TPSA) is 52.9 Å². The predicted octanol–water partition coefficient (Wildman–Crippen LogP) is 2.65. The quantitative estimate of drug-likeness (QED) is 0.790. The zero-order valence-electron chi connectivity index (χ0n) is 15.1. The van der Waals surface area contributed by atoms with Gasteiger partial charge in [0.25, 0.3) is 5.91 Å². The van der Waals surface area contributed by atoms with Crippen molar-refractivity contribution in [2.24, 2.45) is 0 Å². The molecule has 2 aromatic heterocycles. The molecule has 0 bridgehead atoms. The number of rotatable bonds is 3. The van der Waals surface area contributed by atoms with E-state index >= 15 is 0 Å². The lowest BCUT2D eigenvalue weighted by molar-refractivity contribution is 0.102. The zero-order valence-corrected chi connectivity index (χ0v) is 15.1. The molecule has 26 heavy (non-hydrogen) atoms. The summed E-state index contributed by atoms with van der Waals surface area (Å²) < 4.78 is 1.92. The van der Waals surface area contributed by atoms with E-state index in [2.05, 4.69) is 39.3 Å². The third-order valence-corrected chi connectivity index (χ3v) is 4.93. The molecule has 0 radical (unpaired) electrons. The lowest BCUT2D eigenvalue weighted by atomic mass is 10.2. The molecule has 6 nitrogen and oxygen atoms in total. The van der Waals surface area contributed by atoms with E-state index < -0.39 is 0 Å². The molecule has 134 valence electrons. The number of imidazole rings is 1. The van der Waals surface area contributed by atoms with Gasteiger partial charge < -0.3 is 19.5 Å². The summed E-state index contributed by atoms with van der Waals surface area (Å²) in [6.07, 6.45) is 1.92. The fourth-order valence-corrected chi connectivity index (χ4v) is 3.37. The van der Waals surface area contributed by atoms with Gasteiger partial charge in [0.15, 0.2) is 5.69 Å². The van der Waals surface area contributed by atoms with E-state index in [0.29, 0.717) is 5.69 Å². The number of piperazine rings is 1. The molecule has 0 saturated carbocycles. The minimum Gasteiger partial charge on any atom is -0.369 e. The van der Waals surface area contributed by atoms with E-state index in [4.69, 9.17) is 0 Å². The molecule has 1 aliphatic heterocycles. The van der Waals surface area contributed by atoms with Gasteiger partial charge in [-0.25, -0.2) is 4.98 Å². The molecule has 1 N–H and O–H groups in total. The van der Waals surface area contributed by atoms with E-state index in [1.54, 1.807) is 0 Å². The van der Waals surface area contributed by atoms with Gasteiger partial charge in [0, 0.05) is 43.8 Å². The Morgan fingerprint density at radius 3 is 2.50 bits per heavy atom. The van der Waals surface area contributed by atoms with E-state index in [0.717, 1.165) is 43.2 Å². The molecule has 1 aliphatic rings. The number of pyridine rings is 1. The molecule has 0 atom stereocenters. The zero-order chi connectivity index (χ0) is 18.1. The summed E-state index contributed by atoms with van der Waals surface area (Å²) in [5, 5.41) is 2.96. The van der Waals surface area contributed by atoms with Crippen molar-refractivity contribution in [3.05, 3.63) is 60.2 Å². The number of anilines is 2. The number of aromatic nitrogens is 2. The number of nitrogens with one attached hydrogen (secondary N) is 1. The first-order valence-electron chi connectivity index (χ1n) is 8.90. The number of fused-ring (bicyclic) bond motifs is 1. The molecule has 0 aliphatic carbocycles. The Morgan fingerprint density at radius 2 is 1.77 bits per heavy atom. The van der Waals surface area contributed by atoms with Crippen LogP contribution in [-0.2, 0) is 0 Å². The highest BCUT2D eigenvalue weighted by atomic mass is 16.1. The minimum absolute atomic E-state index is 0.186. The van der Waals surface area contributed by atoms with Crippen LogP contribution in [0.15, 0.2) is 48.7 Å². The van der Waals surface area contributed by atoms with Crippen molar-refractivity contribution >= 4 is 22.8 Å². The van der Waals surface area contributed by atoms with Crippen LogP contribution in [0.4, 0.5) is 11.4 Å². The molecule has 6 heteroatoms. The van der Waals surface area contributed by atoms with Gasteiger partial charge >= 0.3 is 0 Å². The maximum atomic E-state index is 12.7. The monoisotopic (exact) mass is 349 g/mol. The SMILES string of the molecule is Cc1nc(C(=O)Nc2ccc(N3CCN(C)CC3)cc2)c2ccccn12. The Balaban J connectivity index is 1.49. The van der Waals surface area contributed by atoms with Crippen molar-refractivity contribution in [3.63, 3.8) is 0 Å². The number of amides is 1. The van der Waals surface area contributed by atoms with Crippen LogP contribution >= 0.6 is 0 Å². The first-order valence-corrected chi connectivity index (χ1v) is 8.90. The van der Waals surface area contributed by atoms with Gasteiger partial charge in [-0.1, -0.05) is 6.07 Å². The van der Waals surface area contributed by atoms with Gasteiger partial charge in [-0.3, -0.25) is 4.79 Å². The summed E-state index contributed by atoms with van der Waals surface area (Å²) in [4.78, 5) is 21.8. The number of hydrogen-bond acceptors (Lipinski definition) is 4. The summed E-state index contributed by atoms with van der Waals surface area (Å²) >= 11 is 0. The number of likely N-dealkylation sites (N-methyl/N-ethyl adjacent to an activating group) is 1. The number of carbonyl (C=O) groups is 1. The number of aryl methyl sites for hydroxylation is 1. The van der Waals surface area contributed by atoms with Gasteiger partial charge in [0.2, 0.25) is 0 Å². The number of nitrogens with zero attached hydrogens (tertiary/aromatic N) is 4. The fraction of sp³-hybridized carbons (Fsp3) is 0.300. The van der Waals surface area contributed by atoms with E-state index in [1.807, 2.05) is 47.9 Å². The van der Waals surface area contributed by atoms with Crippen LogP contribution in [0, 0.1) is 6.92 Å². The highest BCUT2D eigenvalue weighted by Crippen LogP contribution is 2.20. The van der Waals surface area contributed by atoms with Gasteiger partial charge in [-0.05, 0) is 50.4 Å². The number of carbonyl (C=O) groups excluding carboxylic acids is 1. The van der Waals surface area contributed by atoms with Crippen LogP contribution in [0.5, 0.6) is 0 Å². The predicted molar refractivity (Wildman–Crippen MR) is 104 cm³/mol. The van der Waals surface area contributed by atoms with Crippen LogP contribution in [0.3, 0.4) is 0 Å². The van der Waals surface area contributed by atoms with Gasteiger partial charge in [0.1, 0.15) is 5.82 Å². The number of hydrogen-bond donors (Lipinski definition) is 1. The van der Waals surface area contributed by atoms with Crippen molar-refractivity contribution in [2.75, 3.05) is 43.4 Å². The summed E-state index contributed by atoms with van der Waals surface area (Å²) in [6.45, 7) is 6.11. The van der Waals surface area contributed by atoms with Crippen LogP contribution in [0.2, 0.25) is 0 Å². The number of benzene rings is 1. The Labute approximate surface area is 153 Å². The summed E-state index contributed by atoms with van der Waals surface area (Å²) in [7, 11) is 2.15. The third-order valence-electron chi connectivity index (χ3n) is 4.93. The first-order chi connectivity index (χ1) is 12.6. The third kappa shape index (κ3) is 3.15. The average molecular weight is 349 g/mol. The van der Waals surface area contributed by atoms with E-state index in [-0.39, 0.29) is 5.91 Å². The summed E-state index contributed by atoms with van der Waals surface area (Å²) in [5.74, 6) is 0.616. The highest BCUT2D eigenvalue weighted by molar-refractivity contribution is 6.07. The molecule has 1 amide bonds. The second kappa shape index (κ2) is 6.80. The normalized spacial score (nSPS) is 15.4. The molecule has 1 fully saturated rings. The lowest BCUT2D eigenvalue weighted by Crippen LogP contribution is -2.44. The van der Waals surface area contributed by atoms with Gasteiger partial charge in [-0.2, -0.15) is 0 Å². The van der Waals surface area contributed by atoms with Crippen molar-refractivity contribution < 1.29 is 4.79 Å². The minimum atomic E-state index is -0.186. The van der Waals surface area contributed by atoms with Crippen molar-refractivity contribution in [2.45, 2.75) is 6.92 Å². The van der Waals surface area contributed by atoms with Crippen LogP contribution in [0.25, 0.3) is 5.52 Å². The maximum Gasteiger partial charge on any atom is 0.276 e. The molecular weight excluding hydrogens is 326 g/mol. The summed E-state index contributed by atoms with van der Waals surface area (Å²) in [6, 6.07) is 13.8. The standard InChI is InChI=1S/C20H23N5O/c1-15-21-19(18-5-3-4-10-25(15)18)20(26)22-16-6-8-17(9-7-16)24-13-11-23(2)12-14-24/h3-10H,11-14H2,1-2H3,(H,22,26). The second-order valence-electron chi connectivity index (χ2n) is 6.75. The maximum absolute atomic E-state index is 12.7. The van der Waals surface area contributed by atoms with Crippen molar-refractivity contribution in [1.82, 2.24) is 14.3 Å². The molecule has 1 aromatic carbocycles. The molecule has 3 aromatic rings. The van der Waals surface area contributed by atoms with Crippen LogP contribution < -0.4 is 10.2 Å². The Kier molecular flexibility index (Phi) is 4.34. The Hall–Kier alpha value is -2.86. The smallest absolute Gasteiger partial charge is 0.276 e. The lowest BCUT2D eigenvalue weighted by Gasteiger charge is -2.34. The van der Waals surface area contributed by atoms with Crippen molar-refractivity contribution in [1.29, 1.82) is 0 Å². The summed E-state index contributed by atoms with van der Waals surface area (Å²) in [5.41, 5.74) is 3.24. The van der Waals surface area contributed by atoms with E-state index in [9.17, 15) is 4.79 Å². The Bertz CT molecular complexity index is 923. The van der Waals surface area contributed by atoms with Crippen LogP contribution in [0.1, 0.15) is 16.3 Å². The molecular formula is C20H23N5O. The molecule has 1 saturated heterocycles. The van der Waals surface area contributed by atoms with Gasteiger partial charge in [0.05, 0.1) is 5.52 Å². The average Bonchev–Trinajstić information content (AvgIpc) is 3.00. The first kappa shape index (κ1) is 16.6. The largest absolute Gasteiger partial charge is 0.369 e. The fourth-order valence-electron chi connectivity index (χ4n) is 3.37. The molecule has 4 rings (SSSR count). The molecule has 0 unspecified atom stereocenters. The second-order valence-corrected chi connectivity index (χ2v) is 6.75.